The highest BCUT2D eigenvalue weighted by atomic mass is 15.4. The van der Waals surface area contributed by atoms with Crippen LogP contribution < -0.4 is 5.43 Å². The predicted octanol–water partition coefficient (Wildman–Crippen LogP) is 5.11. The van der Waals surface area contributed by atoms with Crippen molar-refractivity contribution in [3.05, 3.63) is 12.3 Å². The third-order valence-electron chi connectivity index (χ3n) is 1.55. The molecule has 1 N–H and O–H groups in total. The van der Waals surface area contributed by atoms with Gasteiger partial charge in [-0.25, -0.2) is 0 Å². The van der Waals surface area contributed by atoms with Crippen molar-refractivity contribution in [3.8, 4) is 0 Å². The van der Waals surface area contributed by atoms with Crippen LogP contribution in [0.5, 0.6) is 0 Å². The molecule has 0 aliphatic rings. The fourth-order valence-corrected chi connectivity index (χ4v) is 0.812. The molecular formula is C13H31N3. The SMILES string of the molecule is C=C(C)NN=NC.CC.CCCCCCC. The van der Waals surface area contributed by atoms with Crippen molar-refractivity contribution in [1.82, 2.24) is 5.43 Å². The molecule has 0 radical (unpaired) electrons. The van der Waals surface area contributed by atoms with Crippen molar-refractivity contribution >= 4 is 0 Å². The minimum Gasteiger partial charge on any atom is -0.265 e. The lowest BCUT2D eigenvalue weighted by Crippen LogP contribution is -1.96. The third-order valence-corrected chi connectivity index (χ3v) is 1.55. The molecular weight excluding hydrogens is 198 g/mol. The van der Waals surface area contributed by atoms with E-state index in [0.29, 0.717) is 0 Å². The van der Waals surface area contributed by atoms with Crippen LogP contribution in [0, 0.1) is 0 Å². The summed E-state index contributed by atoms with van der Waals surface area (Å²) in [7, 11) is 1.59. The molecule has 0 aromatic rings. The normalized spacial score (nSPS) is 8.62. The standard InChI is InChI=1S/C7H16.C4H9N3.C2H6/c1-3-5-7-6-4-2;1-4(2)6-7-5-3;1-2/h3-7H2,1-2H3;1H2,2-3H3,(H,5,6);1-2H3. The highest BCUT2D eigenvalue weighted by Crippen LogP contribution is 2.00. The highest BCUT2D eigenvalue weighted by Gasteiger charge is 1.80. The molecule has 0 saturated heterocycles. The number of rotatable bonds is 6. The van der Waals surface area contributed by atoms with Gasteiger partial charge in [-0.3, -0.25) is 5.43 Å². The van der Waals surface area contributed by atoms with Crippen molar-refractivity contribution in [1.29, 1.82) is 0 Å². The van der Waals surface area contributed by atoms with Gasteiger partial charge in [-0.05, 0) is 6.92 Å². The van der Waals surface area contributed by atoms with E-state index in [2.05, 4.69) is 36.2 Å². The number of nitrogens with one attached hydrogen (secondary N) is 1. The molecule has 0 amide bonds. The van der Waals surface area contributed by atoms with Gasteiger partial charge in [-0.1, -0.05) is 71.6 Å². The molecule has 3 heteroatoms. The zero-order valence-corrected chi connectivity index (χ0v) is 12.1. The maximum absolute atomic E-state index is 3.53. The largest absolute Gasteiger partial charge is 0.265 e. The minimum atomic E-state index is 0.797. The molecule has 0 aliphatic carbocycles. The lowest BCUT2D eigenvalue weighted by molar-refractivity contribution is 0.656. The van der Waals surface area contributed by atoms with Crippen LogP contribution in [0.3, 0.4) is 0 Å². The van der Waals surface area contributed by atoms with E-state index in [1.165, 1.54) is 32.1 Å². The number of unbranched alkanes of at least 4 members (excludes halogenated alkanes) is 4. The first-order valence-corrected chi connectivity index (χ1v) is 6.39. The van der Waals surface area contributed by atoms with Gasteiger partial charge in [-0.15, -0.1) is 0 Å². The Bertz CT molecular complexity index is 138. The maximum Gasteiger partial charge on any atom is 0.0509 e. The van der Waals surface area contributed by atoms with Gasteiger partial charge in [0.1, 0.15) is 0 Å². The fraction of sp³-hybridized carbons (Fsp3) is 0.846. The van der Waals surface area contributed by atoms with Gasteiger partial charge in [0, 0.05) is 5.70 Å². The molecule has 0 spiro atoms. The molecule has 0 bridgehead atoms. The van der Waals surface area contributed by atoms with Gasteiger partial charge in [-0.2, -0.15) is 5.11 Å². The Balaban J connectivity index is -0.000000183. The Morgan fingerprint density at radius 3 is 1.69 bits per heavy atom. The van der Waals surface area contributed by atoms with Crippen LogP contribution in [0.1, 0.15) is 66.7 Å². The van der Waals surface area contributed by atoms with Crippen LogP contribution in [0.4, 0.5) is 0 Å². The second kappa shape index (κ2) is 23.7. The van der Waals surface area contributed by atoms with Gasteiger partial charge in [0.05, 0.1) is 7.05 Å². The van der Waals surface area contributed by atoms with Gasteiger partial charge in [0.2, 0.25) is 0 Å². The van der Waals surface area contributed by atoms with Crippen LogP contribution in [-0.4, -0.2) is 7.05 Å². The molecule has 0 saturated carbocycles. The first-order chi connectivity index (χ1) is 7.68. The van der Waals surface area contributed by atoms with Crippen LogP contribution in [-0.2, 0) is 0 Å². The molecule has 0 atom stereocenters. The molecule has 0 heterocycles. The molecule has 0 unspecified atom stereocenters. The Labute approximate surface area is 102 Å². The van der Waals surface area contributed by atoms with Crippen LogP contribution in [0.2, 0.25) is 0 Å². The number of allylic oxidation sites excluding steroid dienone is 1. The summed E-state index contributed by atoms with van der Waals surface area (Å²) in [5.41, 5.74) is 3.36. The Morgan fingerprint density at radius 1 is 1.06 bits per heavy atom. The van der Waals surface area contributed by atoms with Gasteiger partial charge < -0.3 is 0 Å². The molecule has 0 rings (SSSR count). The topological polar surface area (TPSA) is 36.8 Å². The van der Waals surface area contributed by atoms with Crippen LogP contribution in [0.15, 0.2) is 22.6 Å². The lowest BCUT2D eigenvalue weighted by atomic mass is 10.2. The van der Waals surface area contributed by atoms with E-state index in [4.69, 9.17) is 0 Å². The Morgan fingerprint density at radius 2 is 1.50 bits per heavy atom. The average molecular weight is 229 g/mol. The quantitative estimate of drug-likeness (QED) is 0.383. The summed E-state index contributed by atoms with van der Waals surface area (Å²) < 4.78 is 0. The predicted molar refractivity (Wildman–Crippen MR) is 74.5 cm³/mol. The average Bonchev–Trinajstić information content (AvgIpc) is 2.30. The smallest absolute Gasteiger partial charge is 0.0509 e. The summed E-state index contributed by atoms with van der Waals surface area (Å²) in [6.07, 6.45) is 7.01. The Kier molecular flexibility index (Phi) is 30.5. The van der Waals surface area contributed by atoms with E-state index in [1.54, 1.807) is 7.05 Å². The van der Waals surface area contributed by atoms with Crippen LogP contribution in [0.25, 0.3) is 0 Å². The monoisotopic (exact) mass is 229 g/mol. The zero-order chi connectivity index (χ0) is 13.2. The van der Waals surface area contributed by atoms with Gasteiger partial charge >= 0.3 is 0 Å². The Hall–Kier alpha value is -0.860. The molecule has 0 fully saturated rings. The first-order valence-electron chi connectivity index (χ1n) is 6.39. The fourth-order valence-electron chi connectivity index (χ4n) is 0.812. The molecule has 3 nitrogen and oxygen atoms in total. The van der Waals surface area contributed by atoms with E-state index in [0.717, 1.165) is 5.70 Å². The lowest BCUT2D eigenvalue weighted by Gasteiger charge is -1.90. The van der Waals surface area contributed by atoms with Crippen LogP contribution >= 0.6 is 0 Å². The summed E-state index contributed by atoms with van der Waals surface area (Å²) in [5.74, 6) is 0. The summed E-state index contributed by atoms with van der Waals surface area (Å²) in [4.78, 5) is 0. The zero-order valence-electron chi connectivity index (χ0n) is 12.1. The van der Waals surface area contributed by atoms with E-state index < -0.39 is 0 Å². The van der Waals surface area contributed by atoms with Gasteiger partial charge in [0.25, 0.3) is 0 Å². The highest BCUT2D eigenvalue weighted by molar-refractivity contribution is 4.80. The number of nitrogens with zero attached hydrogens (tertiary/aromatic N) is 2. The van der Waals surface area contributed by atoms with Crippen molar-refractivity contribution in [2.75, 3.05) is 7.05 Å². The molecule has 98 valence electrons. The molecule has 0 aromatic carbocycles. The second-order valence-electron chi connectivity index (χ2n) is 3.25. The van der Waals surface area contributed by atoms with E-state index in [1.807, 2.05) is 20.8 Å². The van der Waals surface area contributed by atoms with Crippen molar-refractivity contribution in [2.45, 2.75) is 66.7 Å². The van der Waals surface area contributed by atoms with Crippen molar-refractivity contribution in [2.24, 2.45) is 10.3 Å². The third kappa shape index (κ3) is 38.0. The summed E-state index contributed by atoms with van der Waals surface area (Å²) in [6, 6.07) is 0. The van der Waals surface area contributed by atoms with E-state index in [9.17, 15) is 0 Å². The maximum atomic E-state index is 3.53. The van der Waals surface area contributed by atoms with E-state index >= 15 is 0 Å². The van der Waals surface area contributed by atoms with Gasteiger partial charge in [0.15, 0.2) is 0 Å². The number of hydrogen-bond acceptors (Lipinski definition) is 2. The molecule has 0 aliphatic heterocycles. The van der Waals surface area contributed by atoms with E-state index in [-0.39, 0.29) is 0 Å². The molecule has 0 aromatic heterocycles. The summed E-state index contributed by atoms with van der Waals surface area (Å²) in [6.45, 7) is 13.8. The van der Waals surface area contributed by atoms with Crippen molar-refractivity contribution in [3.63, 3.8) is 0 Å². The molecule has 16 heavy (non-hydrogen) atoms. The minimum absolute atomic E-state index is 0.797. The summed E-state index contributed by atoms with van der Waals surface area (Å²) >= 11 is 0. The second-order valence-corrected chi connectivity index (χ2v) is 3.25. The van der Waals surface area contributed by atoms with Crippen molar-refractivity contribution < 1.29 is 0 Å². The number of hydrogen-bond donors (Lipinski definition) is 1. The summed E-state index contributed by atoms with van der Waals surface area (Å²) in [5, 5.41) is 6.88. The first kappa shape index (κ1) is 20.5.